The smallest absolute Gasteiger partial charge is 0.228 e. The first-order valence-corrected chi connectivity index (χ1v) is 8.27. The van der Waals surface area contributed by atoms with Crippen molar-refractivity contribution in [1.29, 1.82) is 0 Å². The summed E-state index contributed by atoms with van der Waals surface area (Å²) >= 11 is 0. The van der Waals surface area contributed by atoms with Crippen LogP contribution in [0.15, 0.2) is 30.3 Å². The van der Waals surface area contributed by atoms with E-state index in [0.717, 1.165) is 38.8 Å². The summed E-state index contributed by atoms with van der Waals surface area (Å²) in [6.07, 6.45) is 6.66. The summed E-state index contributed by atoms with van der Waals surface area (Å²) in [4.78, 5) is 14.7. The second-order valence-electron chi connectivity index (χ2n) is 6.27. The molecule has 2 atom stereocenters. The monoisotopic (exact) mass is 287 g/mol. The van der Waals surface area contributed by atoms with Crippen LogP contribution in [0.3, 0.4) is 0 Å². The number of benzene rings is 1. The van der Waals surface area contributed by atoms with Gasteiger partial charge in [0.1, 0.15) is 0 Å². The number of nitrogens with zero attached hydrogens (tertiary/aromatic N) is 1. The Morgan fingerprint density at radius 2 is 2.10 bits per heavy atom. The van der Waals surface area contributed by atoms with Gasteiger partial charge in [0.15, 0.2) is 0 Å². The molecule has 1 aromatic carbocycles. The first-order valence-electron chi connectivity index (χ1n) is 8.27. The van der Waals surface area contributed by atoms with Gasteiger partial charge in [0.2, 0.25) is 5.91 Å². The summed E-state index contributed by atoms with van der Waals surface area (Å²) in [6.45, 7) is 2.33. The van der Waals surface area contributed by atoms with Crippen molar-refractivity contribution < 1.29 is 9.53 Å². The Morgan fingerprint density at radius 3 is 2.86 bits per heavy atom. The molecule has 0 bridgehead atoms. The van der Waals surface area contributed by atoms with Gasteiger partial charge in [-0.05, 0) is 44.1 Å². The van der Waals surface area contributed by atoms with E-state index in [0.29, 0.717) is 18.6 Å². The van der Waals surface area contributed by atoms with Crippen LogP contribution >= 0.6 is 0 Å². The number of rotatable bonds is 5. The van der Waals surface area contributed by atoms with Crippen molar-refractivity contribution in [2.75, 3.05) is 19.8 Å². The van der Waals surface area contributed by atoms with E-state index in [1.165, 1.54) is 18.4 Å². The summed E-state index contributed by atoms with van der Waals surface area (Å²) in [5.74, 6) is 0.467. The van der Waals surface area contributed by atoms with E-state index < -0.39 is 0 Å². The average Bonchev–Trinajstić information content (AvgIpc) is 3.19. The Kier molecular flexibility index (Phi) is 4.91. The van der Waals surface area contributed by atoms with Crippen LogP contribution in [0.25, 0.3) is 0 Å². The average molecular weight is 287 g/mol. The first kappa shape index (κ1) is 14.6. The van der Waals surface area contributed by atoms with E-state index in [2.05, 4.69) is 35.2 Å². The Hall–Kier alpha value is -1.35. The SMILES string of the molecule is O=C([C@@H]1CCOC1)N1CCC[C@H]1CCCc1ccccc1. The van der Waals surface area contributed by atoms with E-state index in [4.69, 9.17) is 4.74 Å². The van der Waals surface area contributed by atoms with Gasteiger partial charge in [0, 0.05) is 19.2 Å². The molecule has 2 aliphatic heterocycles. The highest BCUT2D eigenvalue weighted by Gasteiger charge is 2.34. The highest BCUT2D eigenvalue weighted by atomic mass is 16.5. The number of amides is 1. The molecule has 3 rings (SSSR count). The molecule has 3 nitrogen and oxygen atoms in total. The lowest BCUT2D eigenvalue weighted by atomic mass is 10.0. The molecule has 3 heteroatoms. The van der Waals surface area contributed by atoms with Crippen molar-refractivity contribution >= 4 is 5.91 Å². The predicted octanol–water partition coefficient (Wildman–Crippen LogP) is 3.04. The van der Waals surface area contributed by atoms with E-state index in [-0.39, 0.29) is 5.92 Å². The molecule has 0 radical (unpaired) electrons. The predicted molar refractivity (Wildman–Crippen MR) is 83.0 cm³/mol. The number of aryl methyl sites for hydroxylation is 1. The maximum atomic E-state index is 12.5. The molecule has 2 aliphatic rings. The van der Waals surface area contributed by atoms with Gasteiger partial charge < -0.3 is 9.64 Å². The van der Waals surface area contributed by atoms with Crippen LogP contribution in [0.4, 0.5) is 0 Å². The van der Waals surface area contributed by atoms with Crippen LogP contribution < -0.4 is 0 Å². The summed E-state index contributed by atoms with van der Waals surface area (Å²) in [7, 11) is 0. The van der Waals surface area contributed by atoms with Gasteiger partial charge in [-0.15, -0.1) is 0 Å². The molecule has 0 spiro atoms. The molecule has 0 N–H and O–H groups in total. The van der Waals surface area contributed by atoms with Crippen LogP contribution in [-0.2, 0) is 16.0 Å². The topological polar surface area (TPSA) is 29.5 Å². The van der Waals surface area contributed by atoms with Crippen LogP contribution in [0.1, 0.15) is 37.7 Å². The third-order valence-corrected chi connectivity index (χ3v) is 4.78. The largest absolute Gasteiger partial charge is 0.381 e. The van der Waals surface area contributed by atoms with Crippen LogP contribution in [0.5, 0.6) is 0 Å². The molecule has 2 heterocycles. The van der Waals surface area contributed by atoms with Crippen molar-refractivity contribution in [3.63, 3.8) is 0 Å². The molecule has 0 unspecified atom stereocenters. The van der Waals surface area contributed by atoms with Gasteiger partial charge in [0.05, 0.1) is 12.5 Å². The Balaban J connectivity index is 1.49. The van der Waals surface area contributed by atoms with Gasteiger partial charge >= 0.3 is 0 Å². The number of hydrogen-bond donors (Lipinski definition) is 0. The molecular formula is C18H25NO2. The van der Waals surface area contributed by atoms with Gasteiger partial charge in [-0.2, -0.15) is 0 Å². The van der Waals surface area contributed by atoms with Crippen LogP contribution in [0.2, 0.25) is 0 Å². The summed E-state index contributed by atoms with van der Waals surface area (Å²) in [5, 5.41) is 0. The van der Waals surface area contributed by atoms with E-state index >= 15 is 0 Å². The number of carbonyl (C=O) groups is 1. The summed E-state index contributed by atoms with van der Waals surface area (Å²) in [6, 6.07) is 11.1. The van der Waals surface area contributed by atoms with Gasteiger partial charge in [-0.25, -0.2) is 0 Å². The molecule has 114 valence electrons. The molecule has 2 saturated heterocycles. The molecule has 0 saturated carbocycles. The fourth-order valence-electron chi connectivity index (χ4n) is 3.58. The Labute approximate surface area is 127 Å². The maximum Gasteiger partial charge on any atom is 0.228 e. The zero-order chi connectivity index (χ0) is 14.5. The number of hydrogen-bond acceptors (Lipinski definition) is 2. The number of likely N-dealkylation sites (tertiary alicyclic amines) is 1. The lowest BCUT2D eigenvalue weighted by Crippen LogP contribution is -2.39. The molecule has 21 heavy (non-hydrogen) atoms. The van der Waals surface area contributed by atoms with Crippen molar-refractivity contribution in [2.24, 2.45) is 5.92 Å². The third kappa shape index (κ3) is 3.65. The summed E-state index contributed by atoms with van der Waals surface area (Å²) in [5.41, 5.74) is 1.40. The maximum absolute atomic E-state index is 12.5. The minimum atomic E-state index is 0.125. The molecule has 2 fully saturated rings. The van der Waals surface area contributed by atoms with Gasteiger partial charge in [0.25, 0.3) is 0 Å². The zero-order valence-electron chi connectivity index (χ0n) is 12.7. The van der Waals surface area contributed by atoms with Crippen molar-refractivity contribution in [3.05, 3.63) is 35.9 Å². The minimum Gasteiger partial charge on any atom is -0.381 e. The molecular weight excluding hydrogens is 262 g/mol. The fourth-order valence-corrected chi connectivity index (χ4v) is 3.58. The second kappa shape index (κ2) is 7.08. The Morgan fingerprint density at radius 1 is 1.24 bits per heavy atom. The lowest BCUT2D eigenvalue weighted by Gasteiger charge is -2.27. The van der Waals surface area contributed by atoms with Crippen molar-refractivity contribution in [2.45, 2.75) is 44.6 Å². The quantitative estimate of drug-likeness (QED) is 0.833. The first-order chi connectivity index (χ1) is 10.3. The highest BCUT2D eigenvalue weighted by molar-refractivity contribution is 5.79. The van der Waals surface area contributed by atoms with Crippen LogP contribution in [-0.4, -0.2) is 36.6 Å². The number of carbonyl (C=O) groups excluding carboxylic acids is 1. The molecule has 0 aromatic heterocycles. The third-order valence-electron chi connectivity index (χ3n) is 4.78. The van der Waals surface area contributed by atoms with E-state index in [9.17, 15) is 4.79 Å². The fraction of sp³-hybridized carbons (Fsp3) is 0.611. The molecule has 0 aliphatic carbocycles. The Bertz CT molecular complexity index is 454. The minimum absolute atomic E-state index is 0.125. The normalized spacial score (nSPS) is 25.4. The summed E-state index contributed by atoms with van der Waals surface area (Å²) < 4.78 is 5.36. The lowest BCUT2D eigenvalue weighted by molar-refractivity contribution is -0.136. The van der Waals surface area contributed by atoms with E-state index in [1.54, 1.807) is 0 Å². The van der Waals surface area contributed by atoms with Gasteiger partial charge in [-0.1, -0.05) is 30.3 Å². The molecule has 1 amide bonds. The number of ether oxygens (including phenoxy) is 1. The van der Waals surface area contributed by atoms with Crippen molar-refractivity contribution in [1.82, 2.24) is 4.90 Å². The standard InChI is InChI=1S/C18H25NO2/c20-18(16-11-13-21-14-16)19-12-5-10-17(19)9-4-8-15-6-2-1-3-7-15/h1-3,6-7,16-17H,4-5,8-14H2/t16-,17-/m1/s1. The zero-order valence-corrected chi connectivity index (χ0v) is 12.7. The van der Waals surface area contributed by atoms with Crippen LogP contribution in [0, 0.1) is 5.92 Å². The second-order valence-corrected chi connectivity index (χ2v) is 6.27. The van der Waals surface area contributed by atoms with E-state index in [1.807, 2.05) is 0 Å². The molecule has 1 aromatic rings. The van der Waals surface area contributed by atoms with Crippen molar-refractivity contribution in [3.8, 4) is 0 Å². The van der Waals surface area contributed by atoms with Gasteiger partial charge in [-0.3, -0.25) is 4.79 Å². The highest BCUT2D eigenvalue weighted by Crippen LogP contribution is 2.26.